The highest BCUT2D eigenvalue weighted by Crippen LogP contribution is 2.23. The summed E-state index contributed by atoms with van der Waals surface area (Å²) in [5.74, 6) is 1.39. The van der Waals surface area contributed by atoms with Crippen molar-refractivity contribution in [3.63, 3.8) is 0 Å². The average molecular weight is 400 g/mol. The summed E-state index contributed by atoms with van der Waals surface area (Å²) in [5.41, 5.74) is 2.20. The van der Waals surface area contributed by atoms with Crippen LogP contribution in [0.15, 0.2) is 77.6 Å². The lowest BCUT2D eigenvalue weighted by Gasteiger charge is -2.12. The molecule has 0 aliphatic carbocycles. The highest BCUT2D eigenvalue weighted by molar-refractivity contribution is 5.82. The number of hydrogen-bond donors (Lipinski definition) is 0. The standard InChI is InChI=1S/C23H17FN4O2/c1-30-18-12-6-15(7-13-18)14-27-22(29)19-4-2-3-5-20(19)28-21(25-26-23(27)28)16-8-10-17(24)11-9-16/h2-13H,14H2,1H3. The van der Waals surface area contributed by atoms with Crippen molar-refractivity contribution in [3.05, 3.63) is 94.5 Å². The Morgan fingerprint density at radius 1 is 0.933 bits per heavy atom. The number of aromatic nitrogens is 4. The van der Waals surface area contributed by atoms with Gasteiger partial charge in [0.05, 0.1) is 24.6 Å². The van der Waals surface area contributed by atoms with E-state index in [-0.39, 0.29) is 11.4 Å². The molecule has 5 rings (SSSR count). The number of ether oxygens (including phenoxy) is 1. The zero-order valence-corrected chi connectivity index (χ0v) is 16.1. The SMILES string of the molecule is COc1ccc(Cn2c(=O)c3ccccc3n3c(-c4ccc(F)cc4)nnc23)cc1. The minimum Gasteiger partial charge on any atom is -0.497 e. The maximum Gasteiger partial charge on any atom is 0.263 e. The van der Waals surface area contributed by atoms with Gasteiger partial charge in [0.1, 0.15) is 11.6 Å². The van der Waals surface area contributed by atoms with Crippen molar-refractivity contribution in [1.82, 2.24) is 19.2 Å². The summed E-state index contributed by atoms with van der Waals surface area (Å²) in [7, 11) is 1.61. The summed E-state index contributed by atoms with van der Waals surface area (Å²) in [4.78, 5) is 13.3. The first-order valence-electron chi connectivity index (χ1n) is 9.41. The van der Waals surface area contributed by atoms with Crippen LogP contribution in [0.3, 0.4) is 0 Å². The molecule has 5 aromatic rings. The van der Waals surface area contributed by atoms with E-state index in [1.54, 1.807) is 29.9 Å². The normalized spacial score (nSPS) is 11.3. The van der Waals surface area contributed by atoms with Crippen molar-refractivity contribution < 1.29 is 9.13 Å². The molecule has 0 aliphatic rings. The molecule has 6 nitrogen and oxygen atoms in total. The Hall–Kier alpha value is -4.00. The van der Waals surface area contributed by atoms with Gasteiger partial charge < -0.3 is 4.74 Å². The van der Waals surface area contributed by atoms with Crippen molar-refractivity contribution in [2.45, 2.75) is 6.54 Å². The van der Waals surface area contributed by atoms with Gasteiger partial charge >= 0.3 is 0 Å². The molecule has 0 saturated carbocycles. The fraction of sp³-hybridized carbons (Fsp3) is 0.0870. The van der Waals surface area contributed by atoms with Crippen LogP contribution >= 0.6 is 0 Å². The molecule has 0 radical (unpaired) electrons. The third-order valence-corrected chi connectivity index (χ3v) is 5.11. The molecular weight excluding hydrogens is 383 g/mol. The van der Waals surface area contributed by atoms with Gasteiger partial charge in [-0.1, -0.05) is 24.3 Å². The Morgan fingerprint density at radius 3 is 2.40 bits per heavy atom. The molecule has 2 heterocycles. The van der Waals surface area contributed by atoms with Gasteiger partial charge in [0.15, 0.2) is 5.82 Å². The van der Waals surface area contributed by atoms with Crippen molar-refractivity contribution >= 4 is 16.7 Å². The molecule has 30 heavy (non-hydrogen) atoms. The molecule has 0 N–H and O–H groups in total. The second-order valence-corrected chi connectivity index (χ2v) is 6.92. The summed E-state index contributed by atoms with van der Waals surface area (Å²) in [6, 6.07) is 20.9. The number of rotatable bonds is 4. The predicted molar refractivity (Wildman–Crippen MR) is 112 cm³/mol. The fourth-order valence-corrected chi connectivity index (χ4v) is 3.60. The predicted octanol–water partition coefficient (Wildman–Crippen LogP) is 3.91. The van der Waals surface area contributed by atoms with Crippen LogP contribution in [0.1, 0.15) is 5.56 Å². The summed E-state index contributed by atoms with van der Waals surface area (Å²) >= 11 is 0. The average Bonchev–Trinajstić information content (AvgIpc) is 3.23. The van der Waals surface area contributed by atoms with Crippen LogP contribution in [-0.4, -0.2) is 26.3 Å². The number of hydrogen-bond acceptors (Lipinski definition) is 4. The van der Waals surface area contributed by atoms with Gasteiger partial charge in [-0.05, 0) is 54.1 Å². The van der Waals surface area contributed by atoms with Crippen LogP contribution in [0.5, 0.6) is 5.75 Å². The summed E-state index contributed by atoms with van der Waals surface area (Å²) in [5, 5.41) is 9.20. The molecule has 0 spiro atoms. The number of nitrogens with zero attached hydrogens (tertiary/aromatic N) is 4. The lowest BCUT2D eigenvalue weighted by Crippen LogP contribution is -2.24. The minimum absolute atomic E-state index is 0.146. The molecule has 0 atom stereocenters. The van der Waals surface area contributed by atoms with Crippen LogP contribution in [0.2, 0.25) is 0 Å². The molecule has 0 amide bonds. The summed E-state index contributed by atoms with van der Waals surface area (Å²) < 4.78 is 22.1. The molecule has 2 aromatic heterocycles. The number of fused-ring (bicyclic) bond motifs is 3. The smallest absolute Gasteiger partial charge is 0.263 e. The summed E-state index contributed by atoms with van der Waals surface area (Å²) in [6.07, 6.45) is 0. The molecule has 7 heteroatoms. The fourth-order valence-electron chi connectivity index (χ4n) is 3.60. The molecule has 0 unspecified atom stereocenters. The Bertz CT molecular complexity index is 1420. The van der Waals surface area contributed by atoms with E-state index in [1.807, 2.05) is 46.9 Å². The summed E-state index contributed by atoms with van der Waals surface area (Å²) in [6.45, 7) is 0.332. The van der Waals surface area contributed by atoms with E-state index < -0.39 is 0 Å². The molecule has 0 fully saturated rings. The number of halogens is 1. The van der Waals surface area contributed by atoms with Crippen LogP contribution in [-0.2, 0) is 6.54 Å². The van der Waals surface area contributed by atoms with Crippen LogP contribution < -0.4 is 10.3 Å². The van der Waals surface area contributed by atoms with E-state index in [2.05, 4.69) is 10.2 Å². The van der Waals surface area contributed by atoms with E-state index in [0.717, 1.165) is 11.3 Å². The molecule has 0 aliphatic heterocycles. The molecule has 0 bridgehead atoms. The highest BCUT2D eigenvalue weighted by atomic mass is 19.1. The van der Waals surface area contributed by atoms with Crippen molar-refractivity contribution in [1.29, 1.82) is 0 Å². The lowest BCUT2D eigenvalue weighted by atomic mass is 10.2. The third-order valence-electron chi connectivity index (χ3n) is 5.11. The van der Waals surface area contributed by atoms with Gasteiger partial charge in [-0.2, -0.15) is 0 Å². The number of benzene rings is 3. The van der Waals surface area contributed by atoms with E-state index in [4.69, 9.17) is 4.74 Å². The van der Waals surface area contributed by atoms with Crippen molar-refractivity contribution in [3.8, 4) is 17.1 Å². The third kappa shape index (κ3) is 2.91. The zero-order valence-electron chi connectivity index (χ0n) is 16.1. The molecule has 3 aromatic carbocycles. The van der Waals surface area contributed by atoms with Crippen LogP contribution in [0, 0.1) is 5.82 Å². The Kier molecular flexibility index (Phi) is 4.28. The first kappa shape index (κ1) is 18.1. The largest absolute Gasteiger partial charge is 0.497 e. The number of para-hydroxylation sites is 1. The Balaban J connectivity index is 1.76. The Labute approximate surface area is 170 Å². The topological polar surface area (TPSA) is 61.4 Å². The van der Waals surface area contributed by atoms with E-state index in [1.165, 1.54) is 12.1 Å². The van der Waals surface area contributed by atoms with Gasteiger partial charge in [-0.25, -0.2) is 4.39 Å². The first-order valence-corrected chi connectivity index (χ1v) is 9.41. The highest BCUT2D eigenvalue weighted by Gasteiger charge is 2.17. The monoisotopic (exact) mass is 400 g/mol. The van der Waals surface area contributed by atoms with E-state index in [9.17, 15) is 9.18 Å². The maximum absolute atomic E-state index is 13.4. The lowest BCUT2D eigenvalue weighted by molar-refractivity contribution is 0.414. The Morgan fingerprint density at radius 2 is 1.67 bits per heavy atom. The van der Waals surface area contributed by atoms with Gasteiger partial charge in [-0.3, -0.25) is 13.8 Å². The molecule has 0 saturated heterocycles. The van der Waals surface area contributed by atoms with Gasteiger partial charge in [0.25, 0.3) is 5.56 Å². The number of methoxy groups -OCH3 is 1. The van der Waals surface area contributed by atoms with Gasteiger partial charge in [0, 0.05) is 5.56 Å². The second kappa shape index (κ2) is 7.11. The second-order valence-electron chi connectivity index (χ2n) is 6.92. The van der Waals surface area contributed by atoms with E-state index in [0.29, 0.717) is 34.6 Å². The van der Waals surface area contributed by atoms with Crippen molar-refractivity contribution in [2.75, 3.05) is 7.11 Å². The minimum atomic E-state index is -0.325. The van der Waals surface area contributed by atoms with E-state index >= 15 is 0 Å². The molecule has 148 valence electrons. The van der Waals surface area contributed by atoms with Crippen LogP contribution in [0.25, 0.3) is 28.1 Å². The quantitative estimate of drug-likeness (QED) is 0.459. The van der Waals surface area contributed by atoms with Crippen LogP contribution in [0.4, 0.5) is 4.39 Å². The van der Waals surface area contributed by atoms with Gasteiger partial charge in [-0.15, -0.1) is 10.2 Å². The maximum atomic E-state index is 13.4. The van der Waals surface area contributed by atoms with Crippen molar-refractivity contribution in [2.24, 2.45) is 0 Å². The first-order chi connectivity index (χ1) is 14.7. The zero-order chi connectivity index (χ0) is 20.7. The molecular formula is C23H17FN4O2. The van der Waals surface area contributed by atoms with Gasteiger partial charge in [0.2, 0.25) is 5.78 Å².